The van der Waals surface area contributed by atoms with Crippen LogP contribution >= 0.6 is 27.3 Å². The maximum Gasteiger partial charge on any atom is 0.263 e. The molecule has 0 bridgehead atoms. The zero-order valence-corrected chi connectivity index (χ0v) is 13.0. The number of anilines is 1. The molecule has 1 atom stereocenters. The van der Waals surface area contributed by atoms with E-state index in [9.17, 15) is 4.79 Å². The first kappa shape index (κ1) is 14.0. The van der Waals surface area contributed by atoms with Gasteiger partial charge in [0, 0.05) is 4.47 Å². The van der Waals surface area contributed by atoms with E-state index in [4.69, 9.17) is 5.73 Å². The van der Waals surface area contributed by atoms with Crippen LogP contribution < -0.4 is 11.1 Å². The summed E-state index contributed by atoms with van der Waals surface area (Å²) in [5.74, 6) is -0.140. The second kappa shape index (κ2) is 5.71. The predicted molar refractivity (Wildman–Crippen MR) is 81.3 cm³/mol. The Kier molecular flexibility index (Phi) is 4.21. The summed E-state index contributed by atoms with van der Waals surface area (Å²) >= 11 is 4.63. The maximum atomic E-state index is 12.1. The van der Waals surface area contributed by atoms with E-state index in [1.807, 2.05) is 31.2 Å². The normalized spacial score (nSPS) is 12.2. The number of aryl methyl sites for hydroxylation is 1. The molecule has 2 aromatic rings. The van der Waals surface area contributed by atoms with Gasteiger partial charge < -0.3 is 11.1 Å². The van der Waals surface area contributed by atoms with Crippen LogP contribution in [0.2, 0.25) is 0 Å². The molecule has 0 saturated heterocycles. The van der Waals surface area contributed by atoms with Crippen LogP contribution in [0, 0.1) is 6.92 Å². The van der Waals surface area contributed by atoms with E-state index < -0.39 is 0 Å². The van der Waals surface area contributed by atoms with Crippen molar-refractivity contribution >= 4 is 38.3 Å². The molecule has 2 rings (SSSR count). The van der Waals surface area contributed by atoms with E-state index in [0.717, 1.165) is 10.0 Å². The average Bonchev–Trinajstić information content (AvgIpc) is 2.68. The number of halogens is 1. The van der Waals surface area contributed by atoms with Crippen LogP contribution in [-0.2, 0) is 0 Å². The van der Waals surface area contributed by atoms with Crippen molar-refractivity contribution in [1.29, 1.82) is 0 Å². The van der Waals surface area contributed by atoms with Gasteiger partial charge in [0.1, 0.15) is 4.88 Å². The number of carbonyl (C=O) groups is 1. The number of carbonyl (C=O) groups excluding carboxylic acids is 1. The van der Waals surface area contributed by atoms with Gasteiger partial charge in [-0.2, -0.15) is 0 Å². The fraction of sp³-hybridized carbons (Fsp3) is 0.231. The van der Waals surface area contributed by atoms with Crippen molar-refractivity contribution in [3.05, 3.63) is 44.9 Å². The zero-order chi connectivity index (χ0) is 14.0. The Morgan fingerprint density at radius 1 is 1.53 bits per heavy atom. The average molecular weight is 340 g/mol. The van der Waals surface area contributed by atoms with Crippen molar-refractivity contribution in [2.24, 2.45) is 0 Å². The highest BCUT2D eigenvalue weighted by atomic mass is 79.9. The molecule has 1 unspecified atom stereocenters. The van der Waals surface area contributed by atoms with Gasteiger partial charge in [0.05, 0.1) is 11.7 Å². The van der Waals surface area contributed by atoms with Crippen LogP contribution in [0.3, 0.4) is 0 Å². The van der Waals surface area contributed by atoms with Crippen LogP contribution in [0.25, 0.3) is 0 Å². The minimum atomic E-state index is -0.140. The van der Waals surface area contributed by atoms with Gasteiger partial charge in [0.25, 0.3) is 5.91 Å². The number of hydrogen-bond donors (Lipinski definition) is 2. The first-order valence-electron chi connectivity index (χ1n) is 5.76. The van der Waals surface area contributed by atoms with Gasteiger partial charge in [-0.1, -0.05) is 39.4 Å². The third-order valence-corrected chi connectivity index (χ3v) is 4.19. The number of nitrogens with zero attached hydrogens (tertiary/aromatic N) is 1. The van der Waals surface area contributed by atoms with Crippen molar-refractivity contribution < 1.29 is 4.79 Å². The van der Waals surface area contributed by atoms with Crippen LogP contribution in [0.15, 0.2) is 28.7 Å². The quantitative estimate of drug-likeness (QED) is 0.901. The minimum Gasteiger partial charge on any atom is -0.375 e. The topological polar surface area (TPSA) is 68.0 Å². The van der Waals surface area contributed by atoms with Crippen LogP contribution in [0.5, 0.6) is 0 Å². The molecule has 0 aliphatic carbocycles. The standard InChI is InChI=1S/C13H14BrN3OS/c1-7(9-4-3-5-10(14)6-9)16-12(18)11-8(2)17-13(15)19-11/h3-7H,1-2H3,(H2,15,17)(H,16,18). The van der Waals surface area contributed by atoms with Crippen LogP contribution in [0.1, 0.15) is 33.9 Å². The zero-order valence-electron chi connectivity index (χ0n) is 10.6. The summed E-state index contributed by atoms with van der Waals surface area (Å²) in [6.07, 6.45) is 0. The summed E-state index contributed by atoms with van der Waals surface area (Å²) in [6, 6.07) is 7.78. The molecule has 0 saturated carbocycles. The molecule has 0 aliphatic heterocycles. The largest absolute Gasteiger partial charge is 0.375 e. The van der Waals surface area contributed by atoms with Gasteiger partial charge in [0.2, 0.25) is 0 Å². The number of benzene rings is 1. The number of nitrogens with two attached hydrogens (primary N) is 1. The molecule has 100 valence electrons. The fourth-order valence-corrected chi connectivity index (χ4v) is 2.90. The number of nitrogen functional groups attached to an aromatic ring is 1. The molecule has 0 radical (unpaired) electrons. The summed E-state index contributed by atoms with van der Waals surface area (Å²) in [5, 5.41) is 3.36. The molecule has 0 aliphatic rings. The van der Waals surface area contributed by atoms with E-state index in [1.165, 1.54) is 11.3 Å². The Bertz CT molecular complexity index is 612. The molecular formula is C13H14BrN3OS. The van der Waals surface area contributed by atoms with Crippen molar-refractivity contribution in [1.82, 2.24) is 10.3 Å². The van der Waals surface area contributed by atoms with Crippen molar-refractivity contribution in [3.8, 4) is 0 Å². The predicted octanol–water partition coefficient (Wildman–Crippen LogP) is 3.29. The van der Waals surface area contributed by atoms with Crippen molar-refractivity contribution in [2.45, 2.75) is 19.9 Å². The lowest BCUT2D eigenvalue weighted by Crippen LogP contribution is -2.26. The van der Waals surface area contributed by atoms with E-state index in [-0.39, 0.29) is 11.9 Å². The summed E-state index contributed by atoms with van der Waals surface area (Å²) in [7, 11) is 0. The number of thiazole rings is 1. The number of nitrogens with one attached hydrogen (secondary N) is 1. The summed E-state index contributed by atoms with van der Waals surface area (Å²) in [6.45, 7) is 3.73. The van der Waals surface area contributed by atoms with Gasteiger partial charge in [-0.25, -0.2) is 4.98 Å². The van der Waals surface area contributed by atoms with E-state index in [0.29, 0.717) is 15.7 Å². The van der Waals surface area contributed by atoms with Crippen molar-refractivity contribution in [3.63, 3.8) is 0 Å². The lowest BCUT2D eigenvalue weighted by molar-refractivity contribution is 0.0943. The Labute approximate surface area is 124 Å². The van der Waals surface area contributed by atoms with Gasteiger partial charge >= 0.3 is 0 Å². The highest BCUT2D eigenvalue weighted by Crippen LogP contribution is 2.22. The molecule has 1 aromatic carbocycles. The second-order valence-corrected chi connectivity index (χ2v) is 6.16. The van der Waals surface area contributed by atoms with Gasteiger partial charge in [0.15, 0.2) is 5.13 Å². The summed E-state index contributed by atoms with van der Waals surface area (Å²) in [4.78, 5) is 16.8. The first-order chi connectivity index (χ1) is 8.97. The Morgan fingerprint density at radius 3 is 2.84 bits per heavy atom. The Morgan fingerprint density at radius 2 is 2.26 bits per heavy atom. The van der Waals surface area contributed by atoms with Crippen molar-refractivity contribution in [2.75, 3.05) is 5.73 Å². The number of aromatic nitrogens is 1. The minimum absolute atomic E-state index is 0.0762. The third-order valence-electron chi connectivity index (χ3n) is 2.72. The summed E-state index contributed by atoms with van der Waals surface area (Å²) in [5.41, 5.74) is 7.31. The monoisotopic (exact) mass is 339 g/mol. The summed E-state index contributed by atoms with van der Waals surface area (Å²) < 4.78 is 0.990. The second-order valence-electron chi connectivity index (χ2n) is 4.22. The smallest absolute Gasteiger partial charge is 0.263 e. The molecule has 1 amide bonds. The van der Waals surface area contributed by atoms with E-state index in [1.54, 1.807) is 6.92 Å². The van der Waals surface area contributed by atoms with Crippen LogP contribution in [0.4, 0.5) is 5.13 Å². The third kappa shape index (κ3) is 3.33. The number of hydrogen-bond acceptors (Lipinski definition) is 4. The van der Waals surface area contributed by atoms with Gasteiger partial charge in [-0.05, 0) is 31.5 Å². The molecule has 19 heavy (non-hydrogen) atoms. The first-order valence-corrected chi connectivity index (χ1v) is 7.37. The van der Waals surface area contributed by atoms with E-state index in [2.05, 4.69) is 26.2 Å². The Balaban J connectivity index is 2.13. The number of rotatable bonds is 3. The Hall–Kier alpha value is -1.40. The molecule has 0 fully saturated rings. The molecule has 1 aromatic heterocycles. The molecule has 6 heteroatoms. The van der Waals surface area contributed by atoms with Gasteiger partial charge in [-0.15, -0.1) is 0 Å². The van der Waals surface area contributed by atoms with Gasteiger partial charge in [-0.3, -0.25) is 4.79 Å². The maximum absolute atomic E-state index is 12.1. The highest BCUT2D eigenvalue weighted by molar-refractivity contribution is 9.10. The molecule has 3 N–H and O–H groups in total. The fourth-order valence-electron chi connectivity index (χ4n) is 1.75. The SMILES string of the molecule is Cc1nc(N)sc1C(=O)NC(C)c1cccc(Br)c1. The molecule has 0 spiro atoms. The molecular weight excluding hydrogens is 326 g/mol. The molecule has 1 heterocycles. The van der Waals surface area contributed by atoms with Crippen LogP contribution in [-0.4, -0.2) is 10.9 Å². The lowest BCUT2D eigenvalue weighted by atomic mass is 10.1. The highest BCUT2D eigenvalue weighted by Gasteiger charge is 2.17. The van der Waals surface area contributed by atoms with E-state index >= 15 is 0 Å². The number of amides is 1. The lowest BCUT2D eigenvalue weighted by Gasteiger charge is -2.14. The molecule has 4 nitrogen and oxygen atoms in total.